The van der Waals surface area contributed by atoms with Gasteiger partial charge < -0.3 is 10.5 Å². The van der Waals surface area contributed by atoms with Crippen LogP contribution in [0.5, 0.6) is 0 Å². The summed E-state index contributed by atoms with van der Waals surface area (Å²) in [4.78, 5) is 10.4. The monoisotopic (exact) mass is 144 g/mol. The largest absolute Gasteiger partial charge is 0.461 e. The normalized spacial score (nSPS) is 32.2. The van der Waals surface area contributed by atoms with E-state index in [1.54, 1.807) is 0 Å². The van der Waals surface area contributed by atoms with Gasteiger partial charge in [0.1, 0.15) is 6.10 Å². The number of ether oxygens (including phenoxy) is 1. The molecule has 1 aliphatic rings. The number of carbonyl (C=O) groups is 1. The third-order valence-corrected chi connectivity index (χ3v) is 1.46. The molecule has 0 radical (unpaired) electrons. The van der Waals surface area contributed by atoms with Crippen LogP contribution in [0, 0.1) is 0 Å². The van der Waals surface area contributed by atoms with Crippen LogP contribution in [0.4, 0.5) is 0 Å². The van der Waals surface area contributed by atoms with Crippen molar-refractivity contribution in [3.8, 4) is 0 Å². The molecule has 2 atom stereocenters. The number of carbonyl (C=O) groups excluding carboxylic acids is 1. The van der Waals surface area contributed by atoms with Crippen molar-refractivity contribution < 1.29 is 9.53 Å². The van der Waals surface area contributed by atoms with Crippen LogP contribution in [-0.4, -0.2) is 24.8 Å². The van der Waals surface area contributed by atoms with Gasteiger partial charge in [-0.05, 0) is 0 Å². The Morgan fingerprint density at radius 3 is 2.90 bits per heavy atom. The molecule has 0 aromatic rings. The van der Waals surface area contributed by atoms with Crippen molar-refractivity contribution in [2.45, 2.75) is 25.6 Å². The zero-order chi connectivity index (χ0) is 7.56. The maximum absolute atomic E-state index is 10.4. The number of nitrogens with one attached hydrogen (secondary N) is 1. The molecule has 4 nitrogen and oxygen atoms in total. The molecule has 1 rings (SSSR count). The standard InChI is InChI=1S/C6H12N2O2/c1-4(9)10-5-2-6(7)8-3-5/h5-6,8H,2-3,7H2,1H3. The summed E-state index contributed by atoms with van der Waals surface area (Å²) in [6.07, 6.45) is 0.691. The van der Waals surface area contributed by atoms with Crippen molar-refractivity contribution in [3.63, 3.8) is 0 Å². The highest BCUT2D eigenvalue weighted by Crippen LogP contribution is 2.05. The lowest BCUT2D eigenvalue weighted by molar-refractivity contribution is -0.145. The van der Waals surface area contributed by atoms with Crippen LogP contribution in [0.15, 0.2) is 0 Å². The summed E-state index contributed by atoms with van der Waals surface area (Å²) in [7, 11) is 0. The van der Waals surface area contributed by atoms with E-state index in [0.717, 1.165) is 6.42 Å². The fourth-order valence-electron chi connectivity index (χ4n) is 1.06. The molecule has 4 heteroatoms. The second-order valence-corrected chi connectivity index (χ2v) is 2.48. The van der Waals surface area contributed by atoms with Crippen LogP contribution in [0.2, 0.25) is 0 Å². The average Bonchev–Trinajstić information content (AvgIpc) is 2.13. The number of esters is 1. The molecule has 10 heavy (non-hydrogen) atoms. The van der Waals surface area contributed by atoms with E-state index in [2.05, 4.69) is 5.32 Å². The molecule has 1 saturated heterocycles. The smallest absolute Gasteiger partial charge is 0.302 e. The van der Waals surface area contributed by atoms with Gasteiger partial charge in [0.2, 0.25) is 0 Å². The molecule has 0 bridgehead atoms. The first kappa shape index (κ1) is 7.50. The zero-order valence-electron chi connectivity index (χ0n) is 5.96. The predicted molar refractivity (Wildman–Crippen MR) is 36.1 cm³/mol. The summed E-state index contributed by atoms with van der Waals surface area (Å²) in [6.45, 7) is 2.09. The summed E-state index contributed by atoms with van der Waals surface area (Å²) in [5.74, 6) is -0.235. The number of rotatable bonds is 1. The van der Waals surface area contributed by atoms with Gasteiger partial charge in [-0.15, -0.1) is 0 Å². The lowest BCUT2D eigenvalue weighted by Gasteiger charge is -2.07. The van der Waals surface area contributed by atoms with Crippen molar-refractivity contribution in [2.75, 3.05) is 6.54 Å². The summed E-state index contributed by atoms with van der Waals surface area (Å²) in [5.41, 5.74) is 5.50. The Bertz CT molecular complexity index is 138. The Labute approximate surface area is 59.7 Å². The Hall–Kier alpha value is -0.610. The molecule has 3 N–H and O–H groups in total. The average molecular weight is 144 g/mol. The summed E-state index contributed by atoms with van der Waals surface area (Å²) >= 11 is 0. The van der Waals surface area contributed by atoms with Gasteiger partial charge in [-0.25, -0.2) is 0 Å². The maximum Gasteiger partial charge on any atom is 0.302 e. The van der Waals surface area contributed by atoms with E-state index < -0.39 is 0 Å². The van der Waals surface area contributed by atoms with Crippen LogP contribution in [-0.2, 0) is 9.53 Å². The Morgan fingerprint density at radius 2 is 2.50 bits per heavy atom. The third-order valence-electron chi connectivity index (χ3n) is 1.46. The van der Waals surface area contributed by atoms with E-state index in [0.29, 0.717) is 6.54 Å². The second kappa shape index (κ2) is 2.98. The van der Waals surface area contributed by atoms with Gasteiger partial charge in [-0.1, -0.05) is 0 Å². The Balaban J connectivity index is 2.24. The van der Waals surface area contributed by atoms with E-state index in [-0.39, 0.29) is 18.2 Å². The molecule has 58 valence electrons. The molecular formula is C6H12N2O2. The highest BCUT2D eigenvalue weighted by Gasteiger charge is 2.22. The third kappa shape index (κ3) is 1.97. The lowest BCUT2D eigenvalue weighted by Crippen LogP contribution is -2.30. The summed E-state index contributed by atoms with van der Waals surface area (Å²) < 4.78 is 4.90. The van der Waals surface area contributed by atoms with Crippen LogP contribution >= 0.6 is 0 Å². The SMILES string of the molecule is CC(=O)OC1CNC(N)C1. The van der Waals surface area contributed by atoms with Gasteiger partial charge in [0.15, 0.2) is 0 Å². The van der Waals surface area contributed by atoms with E-state index in [9.17, 15) is 4.79 Å². The minimum atomic E-state index is -0.235. The molecule has 1 fully saturated rings. The van der Waals surface area contributed by atoms with Gasteiger partial charge in [0.05, 0.1) is 6.17 Å². The molecule has 0 saturated carbocycles. The van der Waals surface area contributed by atoms with Crippen LogP contribution in [0.3, 0.4) is 0 Å². The summed E-state index contributed by atoms with van der Waals surface area (Å²) in [6, 6.07) is 0. The molecule has 1 heterocycles. The predicted octanol–water partition coefficient (Wildman–Crippen LogP) is -0.804. The first-order valence-corrected chi connectivity index (χ1v) is 3.34. The van der Waals surface area contributed by atoms with Crippen molar-refractivity contribution in [1.82, 2.24) is 5.32 Å². The van der Waals surface area contributed by atoms with Crippen LogP contribution in [0.1, 0.15) is 13.3 Å². The van der Waals surface area contributed by atoms with E-state index in [1.807, 2.05) is 0 Å². The highest BCUT2D eigenvalue weighted by atomic mass is 16.5. The maximum atomic E-state index is 10.4. The minimum Gasteiger partial charge on any atom is -0.461 e. The van der Waals surface area contributed by atoms with Gasteiger partial charge >= 0.3 is 5.97 Å². The molecule has 2 unspecified atom stereocenters. The van der Waals surface area contributed by atoms with E-state index >= 15 is 0 Å². The Kier molecular flexibility index (Phi) is 2.24. The quantitative estimate of drug-likeness (QED) is 0.473. The number of hydrogen-bond acceptors (Lipinski definition) is 4. The van der Waals surface area contributed by atoms with E-state index in [4.69, 9.17) is 10.5 Å². The van der Waals surface area contributed by atoms with Gasteiger partial charge in [0, 0.05) is 19.9 Å². The second-order valence-electron chi connectivity index (χ2n) is 2.48. The molecule has 0 spiro atoms. The summed E-state index contributed by atoms with van der Waals surface area (Å²) in [5, 5.41) is 2.98. The minimum absolute atomic E-state index is 0.00986. The molecular weight excluding hydrogens is 132 g/mol. The molecule has 0 aromatic heterocycles. The van der Waals surface area contributed by atoms with Crippen molar-refractivity contribution >= 4 is 5.97 Å². The lowest BCUT2D eigenvalue weighted by atomic mass is 10.3. The zero-order valence-corrected chi connectivity index (χ0v) is 5.96. The van der Waals surface area contributed by atoms with Crippen molar-refractivity contribution in [1.29, 1.82) is 0 Å². The number of hydrogen-bond donors (Lipinski definition) is 2. The molecule has 0 aromatic carbocycles. The molecule has 0 aliphatic carbocycles. The van der Waals surface area contributed by atoms with Crippen LogP contribution in [0.25, 0.3) is 0 Å². The fourth-order valence-corrected chi connectivity index (χ4v) is 1.06. The van der Waals surface area contributed by atoms with Crippen LogP contribution < -0.4 is 11.1 Å². The van der Waals surface area contributed by atoms with Gasteiger partial charge in [-0.3, -0.25) is 10.1 Å². The van der Waals surface area contributed by atoms with Gasteiger partial charge in [0.25, 0.3) is 0 Å². The van der Waals surface area contributed by atoms with Crippen molar-refractivity contribution in [3.05, 3.63) is 0 Å². The number of nitrogens with two attached hydrogens (primary N) is 1. The topological polar surface area (TPSA) is 64.3 Å². The Morgan fingerprint density at radius 1 is 1.80 bits per heavy atom. The first-order chi connectivity index (χ1) is 4.68. The first-order valence-electron chi connectivity index (χ1n) is 3.34. The van der Waals surface area contributed by atoms with E-state index in [1.165, 1.54) is 6.92 Å². The highest BCUT2D eigenvalue weighted by molar-refractivity contribution is 5.66. The van der Waals surface area contributed by atoms with Crippen molar-refractivity contribution in [2.24, 2.45) is 5.73 Å². The van der Waals surface area contributed by atoms with Gasteiger partial charge in [-0.2, -0.15) is 0 Å². The fraction of sp³-hybridized carbons (Fsp3) is 0.833. The molecule has 1 aliphatic heterocycles. The molecule has 0 amide bonds.